The van der Waals surface area contributed by atoms with Crippen molar-refractivity contribution in [2.24, 2.45) is 0 Å². The number of hydrogen-bond acceptors (Lipinski definition) is 8. The number of nitrogens with one attached hydrogen (secondary N) is 4. The summed E-state index contributed by atoms with van der Waals surface area (Å²) in [5, 5.41) is 10.4. The van der Waals surface area contributed by atoms with Crippen molar-refractivity contribution < 1.29 is 34.8 Å². The van der Waals surface area contributed by atoms with Gasteiger partial charge in [0.2, 0.25) is 0 Å². The van der Waals surface area contributed by atoms with Gasteiger partial charge in [-0.1, -0.05) is 18.2 Å². The van der Waals surface area contributed by atoms with Gasteiger partial charge in [-0.15, -0.1) is 0 Å². The molecule has 0 saturated heterocycles. The van der Waals surface area contributed by atoms with Crippen LogP contribution >= 0.6 is 0 Å². The van der Waals surface area contributed by atoms with Crippen LogP contribution in [0.1, 0.15) is 5.56 Å². The maximum absolute atomic E-state index is 12.5. The van der Waals surface area contributed by atoms with Gasteiger partial charge in [0.05, 0.1) is 12.5 Å². The summed E-state index contributed by atoms with van der Waals surface area (Å²) in [5.41, 5.74) is 2.08. The second kappa shape index (κ2) is 11.2. The van der Waals surface area contributed by atoms with Crippen molar-refractivity contribution in [2.45, 2.75) is 6.92 Å². The topological polar surface area (TPSA) is 169 Å². The second-order valence-electron chi connectivity index (χ2n) is 7.82. The highest BCUT2D eigenvalue weighted by Gasteiger charge is 2.11. The summed E-state index contributed by atoms with van der Waals surface area (Å²) >= 11 is 0. The molecule has 0 radical (unpaired) electrons. The highest BCUT2D eigenvalue weighted by Crippen LogP contribution is 2.23. The van der Waals surface area contributed by atoms with Crippen LogP contribution < -0.4 is 29.6 Å². The lowest BCUT2D eigenvalue weighted by atomic mass is 10.2. The zero-order valence-electron chi connectivity index (χ0n) is 19.9. The average Bonchev–Trinajstić information content (AvgIpc) is 2.74. The Bertz CT molecular complexity index is 1540. The number of urea groups is 2. The molecule has 0 aromatic heterocycles. The Morgan fingerprint density at radius 1 is 0.622 bits per heavy atom. The van der Waals surface area contributed by atoms with Crippen LogP contribution in [0.2, 0.25) is 0 Å². The Balaban J connectivity index is 1.64. The van der Waals surface area contributed by atoms with Crippen LogP contribution in [-0.4, -0.2) is 41.4 Å². The monoisotopic (exact) mass is 548 g/mol. The Morgan fingerprint density at radius 2 is 1.05 bits per heavy atom. The molecule has 3 rings (SSSR count). The molecule has 0 aliphatic heterocycles. The molecule has 0 aliphatic carbocycles. The zero-order valence-corrected chi connectivity index (χ0v) is 21.6. The van der Waals surface area contributed by atoms with Gasteiger partial charge in [0.1, 0.15) is 11.5 Å². The highest BCUT2D eigenvalue weighted by atomic mass is 32.2. The van der Waals surface area contributed by atoms with E-state index in [1.807, 2.05) is 0 Å². The van der Waals surface area contributed by atoms with Gasteiger partial charge >= 0.3 is 32.3 Å². The predicted octanol–water partition coefficient (Wildman–Crippen LogP) is 3.96. The van der Waals surface area contributed by atoms with Crippen LogP contribution in [0, 0.1) is 6.92 Å². The summed E-state index contributed by atoms with van der Waals surface area (Å²) in [7, 11) is -7.44. The van der Waals surface area contributed by atoms with Crippen LogP contribution in [0.3, 0.4) is 0 Å². The molecule has 0 fully saturated rings. The number of hydrogen-bond donors (Lipinski definition) is 4. The smallest absolute Gasteiger partial charge is 0.323 e. The normalized spacial score (nSPS) is 11.2. The van der Waals surface area contributed by atoms with E-state index >= 15 is 0 Å². The first-order valence-corrected chi connectivity index (χ1v) is 14.1. The molecule has 37 heavy (non-hydrogen) atoms. The molecule has 4 N–H and O–H groups in total. The van der Waals surface area contributed by atoms with E-state index in [4.69, 9.17) is 8.37 Å². The Kier molecular flexibility index (Phi) is 8.24. The van der Waals surface area contributed by atoms with Crippen LogP contribution in [0.25, 0.3) is 0 Å². The SMILES string of the molecule is Cc1ccc(NC(=O)Nc2cccc(OS(C)(=O)=O)c2)cc1NC(=O)Nc1cccc(OS(C)(=O)=O)c1. The molecular formula is C23H24N4O8S2. The van der Waals surface area contributed by atoms with E-state index in [1.165, 1.54) is 36.4 Å². The molecule has 4 amide bonds. The lowest BCUT2D eigenvalue weighted by molar-refractivity contribution is 0.261. The third-order valence-electron chi connectivity index (χ3n) is 4.42. The van der Waals surface area contributed by atoms with Crippen molar-refractivity contribution in [1.82, 2.24) is 0 Å². The summed E-state index contributed by atoms with van der Waals surface area (Å²) in [6, 6.07) is 15.4. The number of carbonyl (C=O) groups is 2. The Hall–Kier alpha value is -4.30. The van der Waals surface area contributed by atoms with Crippen LogP contribution in [0.4, 0.5) is 32.3 Å². The molecule has 0 bridgehead atoms. The molecule has 0 aliphatic rings. The first-order valence-electron chi connectivity index (χ1n) is 10.5. The standard InChI is InChI=1S/C23H24N4O8S2/c1-15-10-11-18(26-22(28)24-16-6-4-8-19(12-16)34-36(2,30)31)14-21(15)27-23(29)25-17-7-5-9-20(13-17)35-37(3,32)33/h4-14H,1-3H3,(H2,24,26,28)(H2,25,27,29). The van der Waals surface area contributed by atoms with Gasteiger partial charge < -0.3 is 29.6 Å². The fourth-order valence-electron chi connectivity index (χ4n) is 3.01. The van der Waals surface area contributed by atoms with E-state index in [-0.39, 0.29) is 11.5 Å². The maximum atomic E-state index is 12.5. The fraction of sp³-hybridized carbons (Fsp3) is 0.130. The quantitative estimate of drug-likeness (QED) is 0.307. The van der Waals surface area contributed by atoms with Gasteiger partial charge in [-0.2, -0.15) is 16.8 Å². The summed E-state index contributed by atoms with van der Waals surface area (Å²) in [5.74, 6) is 0.0867. The number of amides is 4. The van der Waals surface area contributed by atoms with E-state index < -0.39 is 32.3 Å². The Morgan fingerprint density at radius 3 is 1.51 bits per heavy atom. The number of benzene rings is 3. The van der Waals surface area contributed by atoms with Crippen LogP contribution in [0.15, 0.2) is 66.7 Å². The van der Waals surface area contributed by atoms with Crippen molar-refractivity contribution in [3.63, 3.8) is 0 Å². The van der Waals surface area contributed by atoms with Crippen LogP contribution in [0.5, 0.6) is 11.5 Å². The minimum atomic E-state index is -3.72. The van der Waals surface area contributed by atoms with Crippen molar-refractivity contribution in [3.05, 3.63) is 72.3 Å². The summed E-state index contributed by atoms with van der Waals surface area (Å²) in [6.45, 7) is 1.76. The highest BCUT2D eigenvalue weighted by molar-refractivity contribution is 7.86. The summed E-state index contributed by atoms with van der Waals surface area (Å²) in [6.07, 6.45) is 1.82. The van der Waals surface area contributed by atoms with Crippen LogP contribution in [-0.2, 0) is 20.2 Å². The molecule has 3 aromatic rings. The van der Waals surface area contributed by atoms with Gasteiger partial charge in [-0.3, -0.25) is 0 Å². The number of carbonyl (C=O) groups excluding carboxylic acids is 2. The summed E-state index contributed by atoms with van der Waals surface area (Å²) < 4.78 is 54.8. The maximum Gasteiger partial charge on any atom is 0.323 e. The molecule has 0 saturated carbocycles. The molecule has 3 aromatic carbocycles. The molecule has 0 atom stereocenters. The third kappa shape index (κ3) is 9.35. The Labute approximate surface area is 214 Å². The summed E-state index contributed by atoms with van der Waals surface area (Å²) in [4.78, 5) is 24.9. The molecule has 14 heteroatoms. The lowest BCUT2D eigenvalue weighted by Crippen LogP contribution is -2.21. The van der Waals surface area contributed by atoms with Gasteiger partial charge in [-0.05, 0) is 48.9 Å². The largest absolute Gasteiger partial charge is 0.383 e. The predicted molar refractivity (Wildman–Crippen MR) is 140 cm³/mol. The number of anilines is 4. The zero-order chi connectivity index (χ0) is 27.2. The van der Waals surface area contributed by atoms with Crippen molar-refractivity contribution in [3.8, 4) is 11.5 Å². The molecular weight excluding hydrogens is 524 g/mol. The molecule has 196 valence electrons. The van der Waals surface area contributed by atoms with E-state index in [0.717, 1.165) is 12.5 Å². The first kappa shape index (κ1) is 27.3. The second-order valence-corrected chi connectivity index (χ2v) is 11.0. The number of aryl methyl sites for hydroxylation is 1. The molecule has 0 heterocycles. The van der Waals surface area contributed by atoms with Crippen molar-refractivity contribution in [1.29, 1.82) is 0 Å². The van der Waals surface area contributed by atoms with Gasteiger partial charge in [0.25, 0.3) is 0 Å². The van der Waals surface area contributed by atoms with E-state index in [1.54, 1.807) is 37.3 Å². The lowest BCUT2D eigenvalue weighted by Gasteiger charge is -2.13. The molecule has 0 spiro atoms. The minimum absolute atomic E-state index is 0.0431. The van der Waals surface area contributed by atoms with Crippen molar-refractivity contribution in [2.75, 3.05) is 33.8 Å². The average molecular weight is 549 g/mol. The van der Waals surface area contributed by atoms with E-state index in [2.05, 4.69) is 21.3 Å². The first-order chi connectivity index (χ1) is 17.3. The fourth-order valence-corrected chi connectivity index (χ4v) is 3.92. The molecule has 12 nitrogen and oxygen atoms in total. The van der Waals surface area contributed by atoms with E-state index in [9.17, 15) is 26.4 Å². The van der Waals surface area contributed by atoms with Gasteiger partial charge in [0.15, 0.2) is 0 Å². The molecule has 0 unspecified atom stereocenters. The minimum Gasteiger partial charge on any atom is -0.383 e. The number of rotatable bonds is 8. The third-order valence-corrected chi connectivity index (χ3v) is 5.41. The van der Waals surface area contributed by atoms with Gasteiger partial charge in [0, 0.05) is 34.9 Å². The van der Waals surface area contributed by atoms with E-state index in [0.29, 0.717) is 28.3 Å². The van der Waals surface area contributed by atoms with Gasteiger partial charge in [-0.25, -0.2) is 9.59 Å². The van der Waals surface area contributed by atoms with Crippen molar-refractivity contribution >= 4 is 55.0 Å².